The minimum Gasteiger partial charge on any atom is -0.299 e. The Bertz CT molecular complexity index is 683. The Hall–Kier alpha value is -1.96. The summed E-state index contributed by atoms with van der Waals surface area (Å²) in [5, 5.41) is 2.16. The van der Waals surface area contributed by atoms with Crippen LogP contribution in [0.3, 0.4) is 0 Å². The first kappa shape index (κ1) is 11.1. The standard InChI is InChI=1S/C16H14O2/c1-9-3-4-11-7-14-13(6-12(11)5-9)8-15(17)10(2)16(14)18/h3-7,10H,8H2,1-2H3. The normalized spacial score (nSPS) is 19.1. The molecule has 1 unspecified atom stereocenters. The molecule has 0 spiro atoms. The van der Waals surface area contributed by atoms with Crippen molar-refractivity contribution in [3.05, 3.63) is 47.0 Å². The molecule has 18 heavy (non-hydrogen) atoms. The van der Waals surface area contributed by atoms with Crippen LogP contribution in [0.1, 0.15) is 28.4 Å². The van der Waals surface area contributed by atoms with Gasteiger partial charge in [-0.05, 0) is 42.3 Å². The number of aryl methyl sites for hydroxylation is 1. The second kappa shape index (κ2) is 3.77. The van der Waals surface area contributed by atoms with Crippen LogP contribution < -0.4 is 0 Å². The first-order valence-electron chi connectivity index (χ1n) is 6.16. The van der Waals surface area contributed by atoms with Gasteiger partial charge >= 0.3 is 0 Å². The van der Waals surface area contributed by atoms with Crippen molar-refractivity contribution < 1.29 is 9.59 Å². The molecule has 2 heteroatoms. The maximum absolute atomic E-state index is 12.1. The lowest BCUT2D eigenvalue weighted by atomic mass is 9.81. The van der Waals surface area contributed by atoms with Gasteiger partial charge in [-0.25, -0.2) is 0 Å². The molecule has 2 aromatic carbocycles. The summed E-state index contributed by atoms with van der Waals surface area (Å²) in [4.78, 5) is 23.9. The molecular weight excluding hydrogens is 224 g/mol. The number of ketones is 2. The van der Waals surface area contributed by atoms with Crippen molar-refractivity contribution in [3.8, 4) is 0 Å². The molecule has 0 N–H and O–H groups in total. The summed E-state index contributed by atoms with van der Waals surface area (Å²) in [6.07, 6.45) is 0.381. The predicted molar refractivity (Wildman–Crippen MR) is 70.9 cm³/mol. The fourth-order valence-electron chi connectivity index (χ4n) is 2.56. The Balaban J connectivity index is 2.27. The number of Topliss-reactive ketones (excluding diaryl/α,β-unsaturated/α-hetero) is 2. The summed E-state index contributed by atoms with van der Waals surface area (Å²) in [6, 6.07) is 10.1. The molecule has 3 rings (SSSR count). The van der Waals surface area contributed by atoms with Crippen molar-refractivity contribution in [2.45, 2.75) is 20.3 Å². The molecule has 1 aliphatic rings. The summed E-state index contributed by atoms with van der Waals surface area (Å²) >= 11 is 0. The molecule has 0 saturated carbocycles. The third-order valence-corrected chi connectivity index (χ3v) is 3.72. The SMILES string of the molecule is Cc1ccc2cc3c(cc2c1)CC(=O)C(C)C3=O. The van der Waals surface area contributed by atoms with Crippen molar-refractivity contribution in [2.75, 3.05) is 0 Å². The lowest BCUT2D eigenvalue weighted by Crippen LogP contribution is -2.29. The van der Waals surface area contributed by atoms with Crippen molar-refractivity contribution in [2.24, 2.45) is 5.92 Å². The van der Waals surface area contributed by atoms with Gasteiger partial charge in [-0.15, -0.1) is 0 Å². The van der Waals surface area contributed by atoms with E-state index in [1.54, 1.807) is 6.92 Å². The van der Waals surface area contributed by atoms with E-state index in [1.165, 1.54) is 5.56 Å². The highest BCUT2D eigenvalue weighted by molar-refractivity contribution is 6.16. The maximum Gasteiger partial charge on any atom is 0.173 e. The highest BCUT2D eigenvalue weighted by Crippen LogP contribution is 2.28. The zero-order valence-corrected chi connectivity index (χ0v) is 10.5. The summed E-state index contributed by atoms with van der Waals surface area (Å²) in [6.45, 7) is 3.74. The lowest BCUT2D eigenvalue weighted by Gasteiger charge is -2.20. The number of fused-ring (bicyclic) bond motifs is 2. The van der Waals surface area contributed by atoms with Crippen molar-refractivity contribution in [1.82, 2.24) is 0 Å². The van der Waals surface area contributed by atoms with E-state index in [-0.39, 0.29) is 11.6 Å². The number of hydrogen-bond acceptors (Lipinski definition) is 2. The summed E-state index contributed by atoms with van der Waals surface area (Å²) in [5.74, 6) is -0.497. The molecule has 0 aromatic heterocycles. The summed E-state index contributed by atoms with van der Waals surface area (Å²) in [7, 11) is 0. The summed E-state index contributed by atoms with van der Waals surface area (Å²) in [5.41, 5.74) is 2.78. The highest BCUT2D eigenvalue weighted by atomic mass is 16.2. The monoisotopic (exact) mass is 238 g/mol. The van der Waals surface area contributed by atoms with Crippen LogP contribution in [0.25, 0.3) is 10.8 Å². The van der Waals surface area contributed by atoms with E-state index in [4.69, 9.17) is 0 Å². The number of rotatable bonds is 0. The van der Waals surface area contributed by atoms with Gasteiger partial charge in [0.2, 0.25) is 0 Å². The summed E-state index contributed by atoms with van der Waals surface area (Å²) < 4.78 is 0. The predicted octanol–water partition coefficient (Wildman–Crippen LogP) is 3.09. The van der Waals surface area contributed by atoms with Crippen LogP contribution in [0.15, 0.2) is 30.3 Å². The van der Waals surface area contributed by atoms with E-state index in [0.29, 0.717) is 6.42 Å². The van der Waals surface area contributed by atoms with Gasteiger partial charge in [-0.3, -0.25) is 9.59 Å². The molecule has 0 heterocycles. The Labute approximate surface area is 106 Å². The number of carbonyl (C=O) groups excluding carboxylic acids is 2. The van der Waals surface area contributed by atoms with Gasteiger partial charge in [-0.1, -0.05) is 23.8 Å². The van der Waals surface area contributed by atoms with E-state index in [2.05, 4.69) is 6.07 Å². The van der Waals surface area contributed by atoms with Gasteiger partial charge in [0.05, 0.1) is 5.92 Å². The Morgan fingerprint density at radius 2 is 1.83 bits per heavy atom. The van der Waals surface area contributed by atoms with Crippen LogP contribution >= 0.6 is 0 Å². The fourth-order valence-corrected chi connectivity index (χ4v) is 2.56. The van der Waals surface area contributed by atoms with Gasteiger partial charge in [0, 0.05) is 12.0 Å². The maximum atomic E-state index is 12.1. The molecule has 1 aliphatic carbocycles. The molecule has 0 aliphatic heterocycles. The molecule has 2 nitrogen and oxygen atoms in total. The zero-order chi connectivity index (χ0) is 12.9. The molecule has 0 fully saturated rings. The average Bonchev–Trinajstić information content (AvgIpc) is 2.34. The van der Waals surface area contributed by atoms with Crippen LogP contribution in [0, 0.1) is 12.8 Å². The third-order valence-electron chi connectivity index (χ3n) is 3.72. The third kappa shape index (κ3) is 1.57. The average molecular weight is 238 g/mol. The molecule has 0 amide bonds. The molecule has 0 bridgehead atoms. The molecular formula is C16H14O2. The molecule has 0 radical (unpaired) electrons. The van der Waals surface area contributed by atoms with Gasteiger partial charge in [-0.2, -0.15) is 0 Å². The van der Waals surface area contributed by atoms with E-state index in [9.17, 15) is 9.59 Å². The minimum atomic E-state index is -0.486. The van der Waals surface area contributed by atoms with Crippen LogP contribution in [-0.4, -0.2) is 11.6 Å². The van der Waals surface area contributed by atoms with Gasteiger partial charge in [0.15, 0.2) is 5.78 Å². The topological polar surface area (TPSA) is 34.1 Å². The van der Waals surface area contributed by atoms with E-state index in [1.807, 2.05) is 31.2 Å². The quantitative estimate of drug-likeness (QED) is 0.661. The smallest absolute Gasteiger partial charge is 0.173 e. The van der Waals surface area contributed by atoms with Crippen LogP contribution in [0.4, 0.5) is 0 Å². The molecule has 0 saturated heterocycles. The first-order valence-corrected chi connectivity index (χ1v) is 6.16. The van der Waals surface area contributed by atoms with Crippen molar-refractivity contribution >= 4 is 22.3 Å². The first-order chi connectivity index (χ1) is 8.56. The van der Waals surface area contributed by atoms with Gasteiger partial charge in [0.1, 0.15) is 5.78 Å². The van der Waals surface area contributed by atoms with E-state index >= 15 is 0 Å². The zero-order valence-electron chi connectivity index (χ0n) is 10.5. The second-order valence-electron chi connectivity index (χ2n) is 5.09. The van der Waals surface area contributed by atoms with Crippen molar-refractivity contribution in [3.63, 3.8) is 0 Å². The Morgan fingerprint density at radius 3 is 2.61 bits per heavy atom. The van der Waals surface area contributed by atoms with Crippen LogP contribution in [0.5, 0.6) is 0 Å². The van der Waals surface area contributed by atoms with Gasteiger partial charge < -0.3 is 0 Å². The van der Waals surface area contributed by atoms with E-state index in [0.717, 1.165) is 21.9 Å². The lowest BCUT2D eigenvalue weighted by molar-refractivity contribution is -0.120. The second-order valence-corrected chi connectivity index (χ2v) is 5.09. The molecule has 2 aromatic rings. The molecule has 1 atom stereocenters. The Morgan fingerprint density at radius 1 is 1.06 bits per heavy atom. The minimum absolute atomic E-state index is 0.0273. The largest absolute Gasteiger partial charge is 0.299 e. The highest BCUT2D eigenvalue weighted by Gasteiger charge is 2.30. The van der Waals surface area contributed by atoms with Crippen molar-refractivity contribution in [1.29, 1.82) is 0 Å². The van der Waals surface area contributed by atoms with E-state index < -0.39 is 5.92 Å². The molecule has 90 valence electrons. The number of benzene rings is 2. The van der Waals surface area contributed by atoms with Crippen LogP contribution in [-0.2, 0) is 11.2 Å². The van der Waals surface area contributed by atoms with Gasteiger partial charge in [0.25, 0.3) is 0 Å². The number of carbonyl (C=O) groups is 2. The van der Waals surface area contributed by atoms with Crippen LogP contribution in [0.2, 0.25) is 0 Å². The number of hydrogen-bond donors (Lipinski definition) is 0. The Kier molecular flexibility index (Phi) is 2.34. The fraction of sp³-hybridized carbons (Fsp3) is 0.250.